The first kappa shape index (κ1) is 44.2. The molecule has 13 nitrogen and oxygen atoms in total. The molecule has 2 saturated heterocycles. The van der Waals surface area contributed by atoms with Crippen LogP contribution in [0.4, 0.5) is 16.0 Å². The van der Waals surface area contributed by atoms with Crippen LogP contribution in [0.1, 0.15) is 86.6 Å². The van der Waals surface area contributed by atoms with Gasteiger partial charge in [-0.2, -0.15) is 0 Å². The van der Waals surface area contributed by atoms with Crippen LogP contribution in [-0.4, -0.2) is 115 Å². The minimum absolute atomic E-state index is 0.336. The van der Waals surface area contributed by atoms with E-state index in [1.807, 2.05) is 37.3 Å². The van der Waals surface area contributed by atoms with Gasteiger partial charge in [0.2, 0.25) is 0 Å². The Labute approximate surface area is 395 Å². The third-order valence-electron chi connectivity index (χ3n) is 15.1. The number of nitrogens with zero attached hydrogens (tertiary/aromatic N) is 7. The van der Waals surface area contributed by atoms with Crippen molar-refractivity contribution in [2.45, 2.75) is 102 Å². The molecule has 2 saturated carbocycles. The van der Waals surface area contributed by atoms with Crippen LogP contribution in [0.2, 0.25) is 0 Å². The normalized spacial score (nSPS) is 21.7. The minimum atomic E-state index is -0.336. The molecule has 4 fully saturated rings. The number of anilines is 2. The monoisotopic (exact) mass is 913 g/mol. The van der Waals surface area contributed by atoms with E-state index >= 15 is 0 Å². The number of ether oxygens (including phenoxy) is 1. The molecule has 8 aromatic rings. The number of carbonyl (C=O) groups excluding carboxylic acids is 1. The van der Waals surface area contributed by atoms with E-state index in [0.717, 1.165) is 148 Å². The summed E-state index contributed by atoms with van der Waals surface area (Å²) < 4.78 is 19.3. The third kappa shape index (κ3) is 9.29. The van der Waals surface area contributed by atoms with Gasteiger partial charge in [-0.15, -0.1) is 0 Å². The Kier molecular flexibility index (Phi) is 12.8. The van der Waals surface area contributed by atoms with Gasteiger partial charge in [-0.05, 0) is 143 Å². The van der Waals surface area contributed by atoms with Gasteiger partial charge in [0.15, 0.2) is 0 Å². The van der Waals surface area contributed by atoms with Crippen molar-refractivity contribution in [3.8, 4) is 22.3 Å². The molecule has 350 valence electrons. The second-order valence-corrected chi connectivity index (χ2v) is 19.3. The molecule has 0 bridgehead atoms. The fourth-order valence-corrected chi connectivity index (χ4v) is 11.4. The number of nitrogens with one attached hydrogen (secondary N) is 4. The highest BCUT2D eigenvalue weighted by molar-refractivity contribution is 6.13. The summed E-state index contributed by atoms with van der Waals surface area (Å²) in [6.45, 7) is 8.43. The Morgan fingerprint density at radius 3 is 1.78 bits per heavy atom. The lowest BCUT2D eigenvalue weighted by molar-refractivity contribution is 0.00791. The highest BCUT2D eigenvalue weighted by Crippen LogP contribution is 2.37. The van der Waals surface area contributed by atoms with Crippen LogP contribution in [-0.2, 0) is 4.74 Å². The van der Waals surface area contributed by atoms with E-state index in [1.54, 1.807) is 18.9 Å². The Morgan fingerprint density at radius 1 is 0.632 bits per heavy atom. The largest absolute Gasteiger partial charge is 0.379 e. The summed E-state index contributed by atoms with van der Waals surface area (Å²) in [6.07, 6.45) is 20.7. The lowest BCUT2D eigenvalue weighted by atomic mass is 9.89. The summed E-state index contributed by atoms with van der Waals surface area (Å²) in [4.78, 5) is 45.6. The number of rotatable bonds is 9. The predicted molar refractivity (Wildman–Crippen MR) is 269 cm³/mol. The van der Waals surface area contributed by atoms with Gasteiger partial charge in [0.1, 0.15) is 47.7 Å². The van der Waals surface area contributed by atoms with Crippen molar-refractivity contribution in [1.82, 2.24) is 44.7 Å². The molecule has 12 rings (SSSR count). The number of H-pyrrole nitrogens is 2. The van der Waals surface area contributed by atoms with Crippen LogP contribution < -0.4 is 10.6 Å². The Hall–Kier alpha value is -6.35. The average Bonchev–Trinajstić information content (AvgIpc) is 3.96. The topological polar surface area (TPSA) is 153 Å². The summed E-state index contributed by atoms with van der Waals surface area (Å²) in [6, 6.07) is 22.1. The molecular weight excluding hydrogens is 854 g/mol. The lowest BCUT2D eigenvalue weighted by Crippen LogP contribution is -2.46. The van der Waals surface area contributed by atoms with Gasteiger partial charge in [0.25, 0.3) is 0 Å². The number of aromatic amines is 2. The van der Waals surface area contributed by atoms with Crippen LogP contribution in [0.15, 0.2) is 85.7 Å². The number of piperidine rings is 1. The Balaban J connectivity index is 0.000000149. The van der Waals surface area contributed by atoms with E-state index in [1.165, 1.54) is 70.3 Å². The number of benzene rings is 3. The van der Waals surface area contributed by atoms with Gasteiger partial charge in [-0.1, -0.05) is 30.7 Å². The van der Waals surface area contributed by atoms with Gasteiger partial charge in [0, 0.05) is 76.4 Å². The fourth-order valence-electron chi connectivity index (χ4n) is 11.4. The summed E-state index contributed by atoms with van der Waals surface area (Å²) in [7, 11) is 0. The summed E-state index contributed by atoms with van der Waals surface area (Å²) in [5, 5.41) is 11.7. The first-order valence-electron chi connectivity index (χ1n) is 24.7. The van der Waals surface area contributed by atoms with Gasteiger partial charge in [-0.25, -0.2) is 24.3 Å². The van der Waals surface area contributed by atoms with Crippen molar-refractivity contribution in [3.05, 3.63) is 103 Å². The SMILES string of the molecule is Cc1cc(C=O)ccc1-c1ccc2[nH]c3ncnc(NC4CCC(N5CCOCC5)CC4)c3c2c1.Fc1cncc(-c2ccc3[nH]c4ncnc(NC5CCC(N6CCCCC6)CC5)c4c3c2)c1. The first-order chi connectivity index (χ1) is 33.4. The first-order valence-corrected chi connectivity index (χ1v) is 24.7. The number of morpholine rings is 1. The second kappa shape index (κ2) is 19.7. The molecule has 0 unspecified atom stereocenters. The molecule has 0 radical (unpaired) electrons. The molecule has 5 aromatic heterocycles. The number of aromatic nitrogens is 7. The number of halogens is 1. The van der Waals surface area contributed by atoms with Crippen LogP contribution >= 0.6 is 0 Å². The van der Waals surface area contributed by atoms with Crippen LogP contribution in [0.25, 0.3) is 66.1 Å². The van der Waals surface area contributed by atoms with E-state index < -0.39 is 0 Å². The molecule has 4 N–H and O–H groups in total. The Bertz CT molecular complexity index is 3050. The number of fused-ring (bicyclic) bond motifs is 6. The summed E-state index contributed by atoms with van der Waals surface area (Å²) >= 11 is 0. The number of hydrogen-bond donors (Lipinski definition) is 4. The molecule has 0 amide bonds. The zero-order valence-corrected chi connectivity index (χ0v) is 38.8. The molecule has 2 aliphatic carbocycles. The highest BCUT2D eigenvalue weighted by Gasteiger charge is 2.29. The smallest absolute Gasteiger partial charge is 0.150 e. The maximum absolute atomic E-state index is 13.7. The molecule has 68 heavy (non-hydrogen) atoms. The van der Waals surface area contributed by atoms with Crippen LogP contribution in [0.5, 0.6) is 0 Å². The predicted octanol–water partition coefficient (Wildman–Crippen LogP) is 10.5. The second-order valence-electron chi connectivity index (χ2n) is 19.3. The number of carbonyl (C=O) groups is 1. The van der Waals surface area contributed by atoms with Crippen LogP contribution in [0, 0.1) is 12.7 Å². The number of hydrogen-bond acceptors (Lipinski definition) is 11. The molecular formula is C54H60FN11O2. The maximum Gasteiger partial charge on any atom is 0.150 e. The van der Waals surface area contributed by atoms with E-state index in [9.17, 15) is 9.18 Å². The number of aldehydes is 1. The molecule has 0 spiro atoms. The zero-order chi connectivity index (χ0) is 46.0. The molecule has 3 aromatic carbocycles. The van der Waals surface area contributed by atoms with Gasteiger partial charge >= 0.3 is 0 Å². The molecule has 7 heterocycles. The number of aryl methyl sites for hydroxylation is 1. The quantitative estimate of drug-likeness (QED) is 0.102. The average molecular weight is 914 g/mol. The van der Waals surface area contributed by atoms with Crippen molar-refractivity contribution in [2.24, 2.45) is 0 Å². The Morgan fingerprint density at radius 2 is 1.21 bits per heavy atom. The van der Waals surface area contributed by atoms with Crippen LogP contribution in [0.3, 0.4) is 0 Å². The third-order valence-corrected chi connectivity index (χ3v) is 15.1. The van der Waals surface area contributed by atoms with Crippen molar-refractivity contribution in [2.75, 3.05) is 50.0 Å². The molecule has 14 heteroatoms. The molecule has 4 aliphatic rings. The van der Waals surface area contributed by atoms with E-state index in [4.69, 9.17) is 4.74 Å². The van der Waals surface area contributed by atoms with Crippen molar-refractivity contribution >= 4 is 61.8 Å². The zero-order valence-electron chi connectivity index (χ0n) is 38.8. The minimum Gasteiger partial charge on any atom is -0.379 e. The van der Waals surface area contributed by atoms with E-state index in [0.29, 0.717) is 23.7 Å². The van der Waals surface area contributed by atoms with Gasteiger partial charge < -0.3 is 30.2 Å². The van der Waals surface area contributed by atoms with Crippen molar-refractivity contribution < 1.29 is 13.9 Å². The van der Waals surface area contributed by atoms with Crippen molar-refractivity contribution in [1.29, 1.82) is 0 Å². The lowest BCUT2D eigenvalue weighted by Gasteiger charge is -2.39. The number of likely N-dealkylation sites (tertiary alicyclic amines) is 1. The van der Waals surface area contributed by atoms with E-state index in [2.05, 4.69) is 79.6 Å². The molecule has 0 atom stereocenters. The fraction of sp³-hybridized carbons (Fsp3) is 0.407. The molecule has 2 aliphatic heterocycles. The maximum atomic E-state index is 13.7. The van der Waals surface area contributed by atoms with Gasteiger partial charge in [-0.3, -0.25) is 14.7 Å². The highest BCUT2D eigenvalue weighted by atomic mass is 19.1. The van der Waals surface area contributed by atoms with Crippen molar-refractivity contribution in [3.63, 3.8) is 0 Å². The number of pyridine rings is 1. The van der Waals surface area contributed by atoms with Gasteiger partial charge in [0.05, 0.1) is 30.2 Å². The summed E-state index contributed by atoms with van der Waals surface area (Å²) in [5.74, 6) is 1.45. The summed E-state index contributed by atoms with van der Waals surface area (Å²) in [5.41, 5.74) is 9.42. The van der Waals surface area contributed by atoms with E-state index in [-0.39, 0.29) is 5.82 Å². The standard InChI is InChI=1S/C28H31N5O2.C26H29FN6/c1-18-14-19(16-34)2-8-23(18)20-3-9-25-24(15-20)26-27(29-17-30-28(26)32-25)31-21-4-6-22(7-5-21)33-10-12-35-13-11-33;27-19-12-18(14-28-15-19)17-4-9-23-22(13-17)24-25(29-16-30-26(24)32-23)31-20-5-7-21(8-6-20)33-10-2-1-3-11-33/h2-3,8-9,14-17,21-22H,4-7,10-13H2,1H3,(H2,29,30,31,32);4,9,12-16,20-21H,1-3,5-8,10-11H2,(H2,29,30,31,32).